The van der Waals surface area contributed by atoms with Gasteiger partial charge in [0.2, 0.25) is 0 Å². The molecule has 11 nitrogen and oxygen atoms in total. The van der Waals surface area contributed by atoms with Crippen molar-refractivity contribution < 1.29 is 14.6 Å². The average Bonchev–Trinajstić information content (AvgIpc) is 3.42. The predicted octanol–water partition coefficient (Wildman–Crippen LogP) is 2.77. The summed E-state index contributed by atoms with van der Waals surface area (Å²) in [6.45, 7) is 7.03. The summed E-state index contributed by atoms with van der Waals surface area (Å²) in [4.78, 5) is 19.3. The number of likely N-dealkylation sites (tertiary alicyclic amines) is 1. The molecule has 11 heteroatoms. The zero-order chi connectivity index (χ0) is 27.0. The van der Waals surface area contributed by atoms with Crippen LogP contribution in [0, 0.1) is 6.92 Å². The average molecular weight is 519 g/mol. The molecule has 1 aliphatic rings. The van der Waals surface area contributed by atoms with Crippen LogP contribution < -0.4 is 15.4 Å². The molecule has 1 atom stereocenters. The van der Waals surface area contributed by atoms with Crippen molar-refractivity contribution in [2.45, 2.75) is 38.8 Å². The van der Waals surface area contributed by atoms with Crippen LogP contribution in [0.1, 0.15) is 36.3 Å². The number of aromatic nitrogens is 5. The standard InChI is InChI=1S/C27H34N8O3/c1-17-10-21(26(36)28-16-27(2,3)37)30-23(11-17)31-24-13-20-12-18(6-9-35(20)32-24)25-22(14-29-34(25)5)38-15-19-7-8-33(19)4/h6,9-14,19,37H,7-8,15-16H2,1-5H3,(H,28,36)(H,30,31,32)/t19-/m1/s1. The number of nitrogens with zero attached hydrogens (tertiary/aromatic N) is 6. The van der Waals surface area contributed by atoms with E-state index in [4.69, 9.17) is 4.74 Å². The summed E-state index contributed by atoms with van der Waals surface area (Å²) in [7, 11) is 4.02. The van der Waals surface area contributed by atoms with E-state index in [0.717, 1.165) is 41.1 Å². The van der Waals surface area contributed by atoms with Gasteiger partial charge in [-0.1, -0.05) is 0 Å². The number of ether oxygens (including phenoxy) is 1. The van der Waals surface area contributed by atoms with Crippen LogP contribution in [0.4, 0.5) is 11.6 Å². The number of nitrogens with one attached hydrogen (secondary N) is 2. The van der Waals surface area contributed by atoms with Crippen LogP contribution in [-0.4, -0.2) is 78.7 Å². The largest absolute Gasteiger partial charge is 0.488 e. The molecule has 0 aromatic carbocycles. The van der Waals surface area contributed by atoms with Gasteiger partial charge in [0.05, 0.1) is 17.3 Å². The van der Waals surface area contributed by atoms with E-state index < -0.39 is 5.60 Å². The van der Waals surface area contributed by atoms with E-state index in [0.29, 0.717) is 24.3 Å². The van der Waals surface area contributed by atoms with Gasteiger partial charge in [-0.25, -0.2) is 9.50 Å². The number of anilines is 2. The summed E-state index contributed by atoms with van der Waals surface area (Å²) in [5.74, 6) is 1.51. The molecule has 1 amide bonds. The number of likely N-dealkylation sites (N-methyl/N-ethyl adjacent to an activating group) is 1. The lowest BCUT2D eigenvalue weighted by Crippen LogP contribution is -2.48. The van der Waals surface area contributed by atoms with Crippen LogP contribution in [0.15, 0.2) is 42.7 Å². The number of rotatable bonds is 9. The summed E-state index contributed by atoms with van der Waals surface area (Å²) < 4.78 is 9.74. The lowest BCUT2D eigenvalue weighted by Gasteiger charge is -2.37. The van der Waals surface area contributed by atoms with Gasteiger partial charge in [0.25, 0.3) is 5.91 Å². The zero-order valence-corrected chi connectivity index (χ0v) is 22.4. The van der Waals surface area contributed by atoms with Gasteiger partial charge in [-0.3, -0.25) is 14.4 Å². The number of fused-ring (bicyclic) bond motifs is 1. The van der Waals surface area contributed by atoms with Crippen molar-refractivity contribution in [2.24, 2.45) is 7.05 Å². The molecule has 200 valence electrons. The minimum Gasteiger partial charge on any atom is -0.488 e. The molecule has 1 saturated heterocycles. The minimum absolute atomic E-state index is 0.125. The molecule has 0 spiro atoms. The Kier molecular flexibility index (Phi) is 6.80. The quantitative estimate of drug-likeness (QED) is 0.309. The van der Waals surface area contributed by atoms with Gasteiger partial charge >= 0.3 is 0 Å². The molecule has 5 rings (SSSR count). The fraction of sp³-hybridized carbons (Fsp3) is 0.407. The van der Waals surface area contributed by atoms with Crippen molar-refractivity contribution in [3.8, 4) is 17.0 Å². The van der Waals surface area contributed by atoms with Crippen molar-refractivity contribution in [3.63, 3.8) is 0 Å². The van der Waals surface area contributed by atoms with Crippen molar-refractivity contribution in [3.05, 3.63) is 54.0 Å². The van der Waals surface area contributed by atoms with Crippen molar-refractivity contribution >= 4 is 23.1 Å². The normalized spacial score (nSPS) is 15.9. The first-order chi connectivity index (χ1) is 18.1. The van der Waals surface area contributed by atoms with Gasteiger partial charge < -0.3 is 20.5 Å². The highest BCUT2D eigenvalue weighted by molar-refractivity contribution is 5.93. The molecular formula is C27H34N8O3. The predicted molar refractivity (Wildman–Crippen MR) is 145 cm³/mol. The lowest BCUT2D eigenvalue weighted by atomic mass is 10.1. The minimum atomic E-state index is -1.01. The summed E-state index contributed by atoms with van der Waals surface area (Å²) in [6.07, 6.45) is 4.80. The number of aliphatic hydroxyl groups is 1. The van der Waals surface area contributed by atoms with Crippen LogP contribution in [-0.2, 0) is 7.05 Å². The van der Waals surface area contributed by atoms with Crippen LogP contribution in [0.5, 0.6) is 5.75 Å². The van der Waals surface area contributed by atoms with Gasteiger partial charge in [-0.05, 0) is 70.6 Å². The van der Waals surface area contributed by atoms with Crippen LogP contribution in [0.3, 0.4) is 0 Å². The van der Waals surface area contributed by atoms with E-state index in [1.807, 2.05) is 49.1 Å². The molecule has 0 unspecified atom stereocenters. The number of amides is 1. The van der Waals surface area contributed by atoms with E-state index >= 15 is 0 Å². The fourth-order valence-corrected chi connectivity index (χ4v) is 4.39. The Bertz CT molecular complexity index is 1470. The molecule has 1 fully saturated rings. The molecule has 0 saturated carbocycles. The Morgan fingerprint density at radius 3 is 2.74 bits per heavy atom. The van der Waals surface area contributed by atoms with Crippen LogP contribution in [0.25, 0.3) is 16.8 Å². The first-order valence-electron chi connectivity index (χ1n) is 12.7. The molecule has 0 radical (unpaired) electrons. The number of carbonyl (C=O) groups is 1. The van der Waals surface area contributed by atoms with Crippen LogP contribution >= 0.6 is 0 Å². The topological polar surface area (TPSA) is 122 Å². The SMILES string of the molecule is Cc1cc(Nc2cc3cc(-c4c(OC[C@H]5CCN5C)cnn4C)ccn3n2)nc(C(=O)NCC(C)(C)O)c1. The van der Waals surface area contributed by atoms with E-state index in [-0.39, 0.29) is 18.1 Å². The molecule has 5 heterocycles. The van der Waals surface area contributed by atoms with Crippen LogP contribution in [0.2, 0.25) is 0 Å². The Labute approximate surface area is 221 Å². The number of aryl methyl sites for hydroxylation is 2. The Hall–Kier alpha value is -3.96. The second-order valence-corrected chi connectivity index (χ2v) is 10.6. The monoisotopic (exact) mass is 518 g/mol. The maximum Gasteiger partial charge on any atom is 0.270 e. The smallest absolute Gasteiger partial charge is 0.270 e. The molecular weight excluding hydrogens is 484 g/mol. The molecule has 3 N–H and O–H groups in total. The third-order valence-electron chi connectivity index (χ3n) is 6.65. The number of pyridine rings is 2. The molecule has 4 aromatic rings. The highest BCUT2D eigenvalue weighted by Gasteiger charge is 2.25. The number of hydrogen-bond acceptors (Lipinski definition) is 8. The second-order valence-electron chi connectivity index (χ2n) is 10.6. The van der Waals surface area contributed by atoms with E-state index in [1.165, 1.54) is 0 Å². The van der Waals surface area contributed by atoms with E-state index in [2.05, 4.69) is 37.8 Å². The Morgan fingerprint density at radius 1 is 1.21 bits per heavy atom. The maximum absolute atomic E-state index is 12.6. The third-order valence-corrected chi connectivity index (χ3v) is 6.65. The zero-order valence-electron chi connectivity index (χ0n) is 22.4. The van der Waals surface area contributed by atoms with Gasteiger partial charge in [0, 0.05) is 37.5 Å². The van der Waals surface area contributed by atoms with E-state index in [1.54, 1.807) is 30.6 Å². The van der Waals surface area contributed by atoms with Gasteiger partial charge in [0.15, 0.2) is 11.6 Å². The summed E-state index contributed by atoms with van der Waals surface area (Å²) in [5.41, 5.74) is 2.89. The van der Waals surface area contributed by atoms with Gasteiger partial charge in [-0.15, -0.1) is 0 Å². The molecule has 4 aromatic heterocycles. The highest BCUT2D eigenvalue weighted by Crippen LogP contribution is 2.31. The third kappa shape index (κ3) is 5.63. The van der Waals surface area contributed by atoms with Crippen molar-refractivity contribution in [1.82, 2.24) is 34.6 Å². The number of carbonyl (C=O) groups excluding carboxylic acids is 1. The second kappa shape index (κ2) is 10.1. The summed E-state index contributed by atoms with van der Waals surface area (Å²) in [5, 5.41) is 24.8. The molecule has 0 aliphatic carbocycles. The summed E-state index contributed by atoms with van der Waals surface area (Å²) in [6, 6.07) is 9.94. The number of hydrogen-bond donors (Lipinski definition) is 3. The van der Waals surface area contributed by atoms with Gasteiger partial charge in [-0.2, -0.15) is 10.2 Å². The Balaban J connectivity index is 1.34. The Morgan fingerprint density at radius 2 is 2.03 bits per heavy atom. The molecule has 38 heavy (non-hydrogen) atoms. The first kappa shape index (κ1) is 25.7. The van der Waals surface area contributed by atoms with Crippen molar-refractivity contribution in [1.29, 1.82) is 0 Å². The molecule has 0 bridgehead atoms. The van der Waals surface area contributed by atoms with Crippen molar-refractivity contribution in [2.75, 3.05) is 32.1 Å². The maximum atomic E-state index is 12.6. The summed E-state index contributed by atoms with van der Waals surface area (Å²) >= 11 is 0. The molecule has 1 aliphatic heterocycles. The fourth-order valence-electron chi connectivity index (χ4n) is 4.39. The first-order valence-corrected chi connectivity index (χ1v) is 12.7. The van der Waals surface area contributed by atoms with Gasteiger partial charge in [0.1, 0.15) is 23.8 Å². The van der Waals surface area contributed by atoms with E-state index in [9.17, 15) is 9.90 Å². The lowest BCUT2D eigenvalue weighted by molar-refractivity contribution is 0.0692. The highest BCUT2D eigenvalue weighted by atomic mass is 16.5.